The topological polar surface area (TPSA) is 139 Å². The fourth-order valence-electron chi connectivity index (χ4n) is 3.02. The first-order valence-corrected chi connectivity index (χ1v) is 11.7. The Hall–Kier alpha value is -2.64. The molecule has 0 aromatic carbocycles. The number of rotatable bonds is 8. The number of fused-ring (bicyclic) bond motifs is 1. The van der Waals surface area contributed by atoms with Crippen molar-refractivity contribution in [3.63, 3.8) is 0 Å². The summed E-state index contributed by atoms with van der Waals surface area (Å²) in [6, 6.07) is -0.756. The van der Waals surface area contributed by atoms with Gasteiger partial charge < -0.3 is 20.2 Å². The van der Waals surface area contributed by atoms with Gasteiger partial charge in [0.25, 0.3) is 11.8 Å². The first kappa shape index (κ1) is 24.0. The number of thioether (sulfide) groups is 1. The lowest BCUT2D eigenvalue weighted by molar-refractivity contribution is -0.145. The minimum absolute atomic E-state index is 0.124. The van der Waals surface area contributed by atoms with Crippen molar-refractivity contribution in [1.82, 2.24) is 15.2 Å². The smallest absolute Gasteiger partial charge is 0.302 e. The number of nitrogens with one attached hydrogen (secondary N) is 2. The maximum absolute atomic E-state index is 12.9. The molecule has 2 atom stereocenters. The third kappa shape index (κ3) is 5.05. The van der Waals surface area contributed by atoms with E-state index in [0.717, 1.165) is 22.6 Å². The molecule has 1 fully saturated rings. The predicted molar refractivity (Wildman–Crippen MR) is 119 cm³/mol. The molecule has 0 bridgehead atoms. The minimum Gasteiger partial charge on any atom is -0.461 e. The molecule has 0 spiro atoms. The van der Waals surface area contributed by atoms with Crippen LogP contribution in [0.15, 0.2) is 21.8 Å². The normalized spacial score (nSPS) is 20.3. The Labute approximate surface area is 196 Å². The van der Waals surface area contributed by atoms with Crippen LogP contribution >= 0.6 is 34.7 Å². The molecule has 2 N–H and O–H groups in total. The summed E-state index contributed by atoms with van der Waals surface area (Å²) in [4.78, 5) is 58.5. The van der Waals surface area contributed by atoms with Gasteiger partial charge in [0.1, 0.15) is 36.7 Å². The molecule has 11 nitrogen and oxygen atoms in total. The monoisotopic (exact) mass is 501 g/mol. The quantitative estimate of drug-likeness (QED) is 0.176. The fourth-order valence-corrected chi connectivity index (χ4v) is 5.25. The van der Waals surface area contributed by atoms with E-state index in [2.05, 4.69) is 20.8 Å². The van der Waals surface area contributed by atoms with E-state index in [1.165, 1.54) is 31.2 Å². The second-order valence-electron chi connectivity index (χ2n) is 6.67. The molecule has 0 saturated carbocycles. The van der Waals surface area contributed by atoms with Crippen molar-refractivity contribution in [3.05, 3.63) is 22.3 Å². The number of esters is 1. The number of alkyl halides is 1. The summed E-state index contributed by atoms with van der Waals surface area (Å²) < 4.78 is 5.04. The standard InChI is InChI=1S/C18H20ClN5O6S2/c1-8-10(5-30-9(2)25)6-31-17-14(16(28)24(8)17)22-15(27)13(23-29-3)11-7-32-18(20-11)21-12(26)4-19/h7,14,17H,4-6H2,1-3H3,(H,22,27)(H,20,21,26)/b23-13+. The van der Waals surface area contributed by atoms with Crippen LogP contribution in [0.3, 0.4) is 0 Å². The van der Waals surface area contributed by atoms with Crippen molar-refractivity contribution >= 4 is 69.2 Å². The van der Waals surface area contributed by atoms with Crippen LogP contribution in [0.5, 0.6) is 0 Å². The second-order valence-corrected chi connectivity index (χ2v) is 8.90. The maximum Gasteiger partial charge on any atom is 0.302 e. The number of nitrogens with zero attached hydrogens (tertiary/aromatic N) is 3. The first-order chi connectivity index (χ1) is 15.3. The molecule has 0 radical (unpaired) electrons. The van der Waals surface area contributed by atoms with Crippen molar-refractivity contribution in [2.75, 3.05) is 30.7 Å². The zero-order valence-electron chi connectivity index (χ0n) is 17.3. The molecular formula is C18H20ClN5O6S2. The molecule has 3 amide bonds. The molecule has 14 heteroatoms. The number of anilines is 1. The van der Waals surface area contributed by atoms with Gasteiger partial charge in [0.05, 0.1) is 0 Å². The van der Waals surface area contributed by atoms with Crippen LogP contribution in [-0.4, -0.2) is 76.1 Å². The highest BCUT2D eigenvalue weighted by atomic mass is 35.5. The molecule has 2 aliphatic heterocycles. The SMILES string of the molecule is CO/N=C(/C(=O)NC1C(=O)N2C(C)=C(COC(C)=O)CSC12)c1csc(NC(=O)CCl)n1. The van der Waals surface area contributed by atoms with Gasteiger partial charge in [-0.05, 0) is 12.5 Å². The van der Waals surface area contributed by atoms with Crippen molar-refractivity contribution in [3.8, 4) is 0 Å². The van der Waals surface area contributed by atoms with Gasteiger partial charge in [-0.25, -0.2) is 4.98 Å². The molecule has 3 rings (SSSR count). The number of carbonyl (C=O) groups excluding carboxylic acids is 4. The van der Waals surface area contributed by atoms with E-state index in [1.54, 1.807) is 11.8 Å². The molecule has 172 valence electrons. The molecule has 1 saturated heterocycles. The highest BCUT2D eigenvalue weighted by Gasteiger charge is 2.52. The number of oxime groups is 1. The average molecular weight is 502 g/mol. The Balaban J connectivity index is 1.69. The highest BCUT2D eigenvalue weighted by Crippen LogP contribution is 2.40. The largest absolute Gasteiger partial charge is 0.461 e. The third-order valence-electron chi connectivity index (χ3n) is 4.59. The van der Waals surface area contributed by atoms with Gasteiger partial charge in [0.15, 0.2) is 10.8 Å². The summed E-state index contributed by atoms with van der Waals surface area (Å²) in [5, 5.41) is 10.4. The van der Waals surface area contributed by atoms with Crippen LogP contribution in [0.1, 0.15) is 19.5 Å². The number of aromatic nitrogens is 1. The zero-order chi connectivity index (χ0) is 23.4. The number of hydrogen-bond donors (Lipinski definition) is 2. The van der Waals surface area contributed by atoms with E-state index in [1.807, 2.05) is 0 Å². The molecule has 0 aliphatic carbocycles. The van der Waals surface area contributed by atoms with Crippen molar-refractivity contribution < 1.29 is 28.8 Å². The van der Waals surface area contributed by atoms with Crippen LogP contribution in [0.2, 0.25) is 0 Å². The third-order valence-corrected chi connectivity index (χ3v) is 6.93. The summed E-state index contributed by atoms with van der Waals surface area (Å²) in [6.45, 7) is 3.23. The van der Waals surface area contributed by atoms with Gasteiger partial charge in [-0.15, -0.1) is 34.7 Å². The predicted octanol–water partition coefficient (Wildman–Crippen LogP) is 0.908. The van der Waals surface area contributed by atoms with Gasteiger partial charge in [-0.3, -0.25) is 24.1 Å². The number of ether oxygens (including phenoxy) is 1. The molecular weight excluding hydrogens is 482 g/mol. The number of halogens is 1. The number of thiazole rings is 1. The lowest BCUT2D eigenvalue weighted by Gasteiger charge is -2.50. The van der Waals surface area contributed by atoms with Gasteiger partial charge >= 0.3 is 5.97 Å². The molecule has 32 heavy (non-hydrogen) atoms. The molecule has 2 unspecified atom stereocenters. The fraction of sp³-hybridized carbons (Fsp3) is 0.444. The summed E-state index contributed by atoms with van der Waals surface area (Å²) in [6.07, 6.45) is 0. The van der Waals surface area contributed by atoms with Crippen LogP contribution in [0.25, 0.3) is 0 Å². The van der Waals surface area contributed by atoms with E-state index in [4.69, 9.17) is 21.2 Å². The number of amides is 3. The van der Waals surface area contributed by atoms with E-state index in [0.29, 0.717) is 5.75 Å². The van der Waals surface area contributed by atoms with Gasteiger partial charge in [0, 0.05) is 23.8 Å². The van der Waals surface area contributed by atoms with Crippen molar-refractivity contribution in [2.45, 2.75) is 25.3 Å². The van der Waals surface area contributed by atoms with Gasteiger partial charge in [0.2, 0.25) is 5.91 Å². The first-order valence-electron chi connectivity index (χ1n) is 9.27. The van der Waals surface area contributed by atoms with Gasteiger partial charge in [-0.1, -0.05) is 5.16 Å². The van der Waals surface area contributed by atoms with Crippen LogP contribution in [0.4, 0.5) is 5.13 Å². The van der Waals surface area contributed by atoms with Gasteiger partial charge in [-0.2, -0.15) is 0 Å². The summed E-state index contributed by atoms with van der Waals surface area (Å²) in [5.41, 5.74) is 1.61. The van der Waals surface area contributed by atoms with E-state index < -0.39 is 23.8 Å². The van der Waals surface area contributed by atoms with Crippen LogP contribution in [-0.2, 0) is 28.8 Å². The second kappa shape index (κ2) is 10.3. The molecule has 3 heterocycles. The minimum atomic E-state index is -0.756. The van der Waals surface area contributed by atoms with E-state index >= 15 is 0 Å². The van der Waals surface area contributed by atoms with E-state index in [9.17, 15) is 19.2 Å². The average Bonchev–Trinajstić information content (AvgIpc) is 3.21. The Morgan fingerprint density at radius 3 is 2.81 bits per heavy atom. The number of hydrogen-bond acceptors (Lipinski definition) is 10. The Morgan fingerprint density at radius 2 is 2.16 bits per heavy atom. The summed E-state index contributed by atoms with van der Waals surface area (Å²) in [5.74, 6) is -1.42. The van der Waals surface area contributed by atoms with E-state index in [-0.39, 0.29) is 40.3 Å². The van der Waals surface area contributed by atoms with Crippen LogP contribution < -0.4 is 10.6 Å². The lowest BCUT2D eigenvalue weighted by Crippen LogP contribution is -2.70. The highest BCUT2D eigenvalue weighted by molar-refractivity contribution is 8.00. The number of carbonyl (C=O) groups is 4. The Bertz CT molecular complexity index is 1010. The molecule has 2 aliphatic rings. The Kier molecular flexibility index (Phi) is 7.74. The maximum atomic E-state index is 12.9. The lowest BCUT2D eigenvalue weighted by atomic mass is 10.0. The summed E-state index contributed by atoms with van der Waals surface area (Å²) in [7, 11) is 1.28. The van der Waals surface area contributed by atoms with Crippen LogP contribution in [0, 0.1) is 0 Å². The number of allylic oxidation sites excluding steroid dienone is 1. The number of β-lactam (4-membered cyclic amide) rings is 1. The Morgan fingerprint density at radius 1 is 1.41 bits per heavy atom. The molecule has 1 aromatic rings. The van der Waals surface area contributed by atoms with Crippen molar-refractivity contribution in [1.29, 1.82) is 0 Å². The zero-order valence-corrected chi connectivity index (χ0v) is 19.7. The molecule has 1 aromatic heterocycles. The van der Waals surface area contributed by atoms with Crippen molar-refractivity contribution in [2.24, 2.45) is 5.16 Å². The summed E-state index contributed by atoms with van der Waals surface area (Å²) >= 11 is 8.02.